The van der Waals surface area contributed by atoms with Crippen molar-refractivity contribution < 1.29 is 18.9 Å². The van der Waals surface area contributed by atoms with Crippen molar-refractivity contribution >= 4 is 0 Å². The first-order valence-electron chi connectivity index (χ1n) is 7.43. The number of ether oxygens (including phenoxy) is 4. The number of hydrogen-bond acceptors (Lipinski definition) is 5. The highest BCUT2D eigenvalue weighted by Gasteiger charge is 1.92. The molecule has 0 atom stereocenters. The largest absolute Gasteiger partial charge is 0.382 e. The molecule has 0 rings (SSSR count). The molecule has 5 nitrogen and oxygen atoms in total. The molecule has 0 aromatic carbocycles. The molecule has 0 radical (unpaired) electrons. The lowest BCUT2D eigenvalue weighted by molar-refractivity contribution is 0.0508. The molecule has 19 heavy (non-hydrogen) atoms. The van der Waals surface area contributed by atoms with E-state index < -0.39 is 0 Å². The van der Waals surface area contributed by atoms with E-state index in [1.807, 2.05) is 13.8 Å². The quantitative estimate of drug-likeness (QED) is 0.346. The highest BCUT2D eigenvalue weighted by atomic mass is 16.5. The Labute approximate surface area is 117 Å². The third-order valence-corrected chi connectivity index (χ3v) is 2.47. The van der Waals surface area contributed by atoms with Crippen molar-refractivity contribution in [1.29, 1.82) is 0 Å². The van der Waals surface area contributed by atoms with Crippen molar-refractivity contribution in [2.24, 2.45) is 0 Å². The maximum atomic E-state index is 5.41. The number of nitrogens with one attached hydrogen (secondary N) is 1. The Bertz CT molecular complexity index is 142. The maximum absolute atomic E-state index is 5.41. The zero-order valence-electron chi connectivity index (χ0n) is 12.6. The predicted octanol–water partition coefficient (Wildman–Crippen LogP) is 2.16. The fraction of sp³-hybridized carbons (Fsp3) is 1.00. The summed E-state index contributed by atoms with van der Waals surface area (Å²) in [4.78, 5) is 0. The minimum absolute atomic E-state index is 0.549. The van der Waals surface area contributed by atoms with E-state index in [-0.39, 0.29) is 0 Å². The zero-order valence-corrected chi connectivity index (χ0v) is 12.6. The lowest BCUT2D eigenvalue weighted by Gasteiger charge is -2.07. The summed E-state index contributed by atoms with van der Waals surface area (Å²) in [7, 11) is 0. The van der Waals surface area contributed by atoms with E-state index in [1.165, 1.54) is 0 Å². The zero-order chi connectivity index (χ0) is 14.0. The van der Waals surface area contributed by atoms with Crippen LogP contribution >= 0.6 is 0 Å². The molecule has 0 saturated carbocycles. The highest BCUT2D eigenvalue weighted by molar-refractivity contribution is 4.39. The predicted molar refractivity (Wildman–Crippen MR) is 76.2 cm³/mol. The average Bonchev–Trinajstić information content (AvgIpc) is 2.43. The maximum Gasteiger partial charge on any atom is 0.0982 e. The van der Waals surface area contributed by atoms with E-state index in [0.717, 1.165) is 65.3 Å². The summed E-state index contributed by atoms with van der Waals surface area (Å²) in [5, 5.41) is 3.08. The molecule has 0 unspecified atom stereocenters. The van der Waals surface area contributed by atoms with Crippen LogP contribution in [0.4, 0.5) is 0 Å². The molecular weight excluding hydrogens is 246 g/mol. The SMILES string of the molecule is CCOCCCCOCNCOCCCCOCC. The van der Waals surface area contributed by atoms with Crippen LogP contribution in [0.5, 0.6) is 0 Å². The molecule has 0 aliphatic heterocycles. The van der Waals surface area contributed by atoms with E-state index in [1.54, 1.807) is 0 Å². The van der Waals surface area contributed by atoms with Crippen LogP contribution < -0.4 is 5.32 Å². The van der Waals surface area contributed by atoms with Gasteiger partial charge in [0.15, 0.2) is 0 Å². The Hall–Kier alpha value is -0.200. The number of unbranched alkanes of at least 4 members (excludes halogenated alkanes) is 2. The van der Waals surface area contributed by atoms with Crippen molar-refractivity contribution in [2.45, 2.75) is 39.5 Å². The molecule has 0 aliphatic rings. The van der Waals surface area contributed by atoms with Crippen LogP contribution in [0.3, 0.4) is 0 Å². The molecule has 116 valence electrons. The standard InChI is InChI=1S/C14H31NO4/c1-3-16-9-5-7-11-18-13-15-14-19-12-8-6-10-17-4-2/h15H,3-14H2,1-2H3. The summed E-state index contributed by atoms with van der Waals surface area (Å²) in [5.74, 6) is 0. The molecule has 5 heteroatoms. The molecule has 0 amide bonds. The van der Waals surface area contributed by atoms with Crippen LogP contribution in [-0.4, -0.2) is 53.1 Å². The van der Waals surface area contributed by atoms with Crippen LogP contribution in [0, 0.1) is 0 Å². The van der Waals surface area contributed by atoms with E-state index in [0.29, 0.717) is 13.5 Å². The molecule has 0 heterocycles. The van der Waals surface area contributed by atoms with Crippen molar-refractivity contribution in [3.05, 3.63) is 0 Å². The van der Waals surface area contributed by atoms with Crippen LogP contribution in [0.15, 0.2) is 0 Å². The minimum atomic E-state index is 0.549. The summed E-state index contributed by atoms with van der Waals surface area (Å²) in [6, 6.07) is 0. The molecule has 0 aromatic heterocycles. The van der Waals surface area contributed by atoms with Crippen LogP contribution in [0.1, 0.15) is 39.5 Å². The normalized spacial score (nSPS) is 11.1. The van der Waals surface area contributed by atoms with Gasteiger partial charge in [-0.05, 0) is 39.5 Å². The van der Waals surface area contributed by atoms with E-state index in [4.69, 9.17) is 18.9 Å². The van der Waals surface area contributed by atoms with Crippen molar-refractivity contribution in [3.63, 3.8) is 0 Å². The Morgan fingerprint density at radius 3 is 1.32 bits per heavy atom. The molecule has 0 spiro atoms. The van der Waals surface area contributed by atoms with E-state index in [9.17, 15) is 0 Å². The smallest absolute Gasteiger partial charge is 0.0982 e. The molecular formula is C14H31NO4. The van der Waals surface area contributed by atoms with Crippen LogP contribution in [0.2, 0.25) is 0 Å². The summed E-state index contributed by atoms with van der Waals surface area (Å²) in [5.41, 5.74) is 0. The van der Waals surface area contributed by atoms with Gasteiger partial charge in [0.1, 0.15) is 0 Å². The Balaban J connectivity index is 2.88. The second-order valence-electron chi connectivity index (χ2n) is 4.16. The van der Waals surface area contributed by atoms with Gasteiger partial charge in [0, 0.05) is 39.6 Å². The van der Waals surface area contributed by atoms with Crippen molar-refractivity contribution in [1.82, 2.24) is 5.32 Å². The van der Waals surface area contributed by atoms with Gasteiger partial charge < -0.3 is 18.9 Å². The van der Waals surface area contributed by atoms with Gasteiger partial charge >= 0.3 is 0 Å². The molecule has 1 N–H and O–H groups in total. The summed E-state index contributed by atoms with van der Waals surface area (Å²) < 4.78 is 21.3. The number of rotatable bonds is 16. The first kappa shape index (κ1) is 18.8. The topological polar surface area (TPSA) is 49.0 Å². The van der Waals surface area contributed by atoms with E-state index >= 15 is 0 Å². The van der Waals surface area contributed by atoms with Gasteiger partial charge in [-0.1, -0.05) is 0 Å². The fourth-order valence-electron chi connectivity index (χ4n) is 1.44. The van der Waals surface area contributed by atoms with Gasteiger partial charge in [0.25, 0.3) is 0 Å². The second kappa shape index (κ2) is 17.8. The van der Waals surface area contributed by atoms with Crippen LogP contribution in [0.25, 0.3) is 0 Å². The average molecular weight is 277 g/mol. The Kier molecular flexibility index (Phi) is 17.6. The van der Waals surface area contributed by atoms with Gasteiger partial charge in [-0.2, -0.15) is 0 Å². The summed E-state index contributed by atoms with van der Waals surface area (Å²) in [6.45, 7) is 9.92. The fourth-order valence-corrected chi connectivity index (χ4v) is 1.44. The molecule has 0 aliphatic carbocycles. The molecule has 0 aromatic rings. The van der Waals surface area contributed by atoms with Gasteiger partial charge in [0.2, 0.25) is 0 Å². The number of hydrogen-bond donors (Lipinski definition) is 1. The minimum Gasteiger partial charge on any atom is -0.382 e. The summed E-state index contributed by atoms with van der Waals surface area (Å²) in [6.07, 6.45) is 4.20. The van der Waals surface area contributed by atoms with Crippen molar-refractivity contribution in [2.75, 3.05) is 53.1 Å². The van der Waals surface area contributed by atoms with Crippen molar-refractivity contribution in [3.8, 4) is 0 Å². The lowest BCUT2D eigenvalue weighted by Crippen LogP contribution is -2.22. The Morgan fingerprint density at radius 1 is 0.579 bits per heavy atom. The van der Waals surface area contributed by atoms with Gasteiger partial charge in [-0.25, -0.2) is 0 Å². The Morgan fingerprint density at radius 2 is 0.947 bits per heavy atom. The van der Waals surface area contributed by atoms with E-state index in [2.05, 4.69) is 5.32 Å². The van der Waals surface area contributed by atoms with Gasteiger partial charge in [0.05, 0.1) is 13.5 Å². The van der Waals surface area contributed by atoms with Crippen LogP contribution in [-0.2, 0) is 18.9 Å². The molecule has 0 bridgehead atoms. The monoisotopic (exact) mass is 277 g/mol. The molecule has 0 saturated heterocycles. The third kappa shape index (κ3) is 17.8. The summed E-state index contributed by atoms with van der Waals surface area (Å²) >= 11 is 0. The third-order valence-electron chi connectivity index (χ3n) is 2.47. The highest BCUT2D eigenvalue weighted by Crippen LogP contribution is 1.92. The second-order valence-corrected chi connectivity index (χ2v) is 4.16. The van der Waals surface area contributed by atoms with Gasteiger partial charge in [-0.3, -0.25) is 5.32 Å². The first-order valence-corrected chi connectivity index (χ1v) is 7.43. The first-order chi connectivity index (χ1) is 9.41. The molecule has 0 fully saturated rings. The van der Waals surface area contributed by atoms with Gasteiger partial charge in [-0.15, -0.1) is 0 Å². The lowest BCUT2D eigenvalue weighted by atomic mass is 10.3.